The van der Waals surface area contributed by atoms with Crippen LogP contribution in [0.2, 0.25) is 0 Å². The van der Waals surface area contributed by atoms with Crippen molar-refractivity contribution in [2.24, 2.45) is 0 Å². The molecule has 0 spiro atoms. The van der Waals surface area contributed by atoms with Gasteiger partial charge in [0, 0.05) is 26.1 Å². The molecule has 150 valence electrons. The first kappa shape index (κ1) is 19.1. The van der Waals surface area contributed by atoms with E-state index in [1.807, 2.05) is 0 Å². The number of rotatable bonds is 3. The molecule has 2 aliphatic heterocycles. The Morgan fingerprint density at radius 1 is 1.11 bits per heavy atom. The molecule has 0 aromatic carbocycles. The molecule has 4 heterocycles. The van der Waals surface area contributed by atoms with Crippen molar-refractivity contribution in [1.82, 2.24) is 14.5 Å². The number of thiophene rings is 1. The van der Waals surface area contributed by atoms with E-state index in [1.165, 1.54) is 11.3 Å². The van der Waals surface area contributed by atoms with Crippen molar-refractivity contribution in [3.63, 3.8) is 0 Å². The molecular formula is C20H25N3O4S. The van der Waals surface area contributed by atoms with Gasteiger partial charge in [0.05, 0.1) is 5.39 Å². The second kappa shape index (κ2) is 7.66. The van der Waals surface area contributed by atoms with Crippen LogP contribution in [0.15, 0.2) is 4.79 Å². The average molecular weight is 404 g/mol. The van der Waals surface area contributed by atoms with Crippen molar-refractivity contribution in [2.45, 2.75) is 65.0 Å². The van der Waals surface area contributed by atoms with E-state index >= 15 is 0 Å². The quantitative estimate of drug-likeness (QED) is 0.736. The van der Waals surface area contributed by atoms with Gasteiger partial charge in [0.2, 0.25) is 0 Å². The zero-order valence-electron chi connectivity index (χ0n) is 16.3. The number of carbonyl (C=O) groups is 2. The van der Waals surface area contributed by atoms with E-state index in [-0.39, 0.29) is 11.5 Å². The molecule has 8 heteroatoms. The first-order valence-electron chi connectivity index (χ1n) is 10.00. The van der Waals surface area contributed by atoms with Gasteiger partial charge in [0.15, 0.2) is 6.10 Å². The number of ether oxygens (including phenoxy) is 1. The molecule has 2 aromatic heterocycles. The highest BCUT2D eigenvalue weighted by Gasteiger charge is 2.28. The molecule has 7 nitrogen and oxygen atoms in total. The summed E-state index contributed by atoms with van der Waals surface area (Å²) in [6.45, 7) is 5.48. The number of aryl methyl sites for hydroxylation is 2. The lowest BCUT2D eigenvalue weighted by Gasteiger charge is -2.23. The number of nitrogens with zero attached hydrogens (tertiary/aromatic N) is 3. The smallest absolute Gasteiger partial charge is 0.349 e. The standard InChI is InChI=1S/C20H25N3O4S/c1-12-15-17(21-14-8-7-11-23(14)19(15)25)28-16(12)20(26)27-13(2)18(24)22-9-5-3-4-6-10-22/h13H,3-11H2,1-2H3/t13-/m0/s1. The maximum Gasteiger partial charge on any atom is 0.349 e. The minimum atomic E-state index is -0.839. The highest BCUT2D eigenvalue weighted by Crippen LogP contribution is 2.29. The van der Waals surface area contributed by atoms with E-state index in [0.29, 0.717) is 27.2 Å². The van der Waals surface area contributed by atoms with E-state index in [2.05, 4.69) is 4.98 Å². The number of esters is 1. The second-order valence-corrected chi connectivity index (χ2v) is 8.61. The Hall–Kier alpha value is -2.22. The molecule has 0 saturated carbocycles. The van der Waals surface area contributed by atoms with Crippen LogP contribution in [-0.4, -0.2) is 45.5 Å². The van der Waals surface area contributed by atoms with Gasteiger partial charge >= 0.3 is 5.97 Å². The predicted octanol–water partition coefficient (Wildman–Crippen LogP) is 2.66. The topological polar surface area (TPSA) is 81.5 Å². The second-order valence-electron chi connectivity index (χ2n) is 7.61. The van der Waals surface area contributed by atoms with Crippen LogP contribution >= 0.6 is 11.3 Å². The Kier molecular flexibility index (Phi) is 5.23. The maximum absolute atomic E-state index is 12.8. The van der Waals surface area contributed by atoms with Crippen molar-refractivity contribution >= 4 is 33.4 Å². The highest BCUT2D eigenvalue weighted by atomic mass is 32.1. The number of aromatic nitrogens is 2. The van der Waals surface area contributed by atoms with Crippen LogP contribution in [0, 0.1) is 6.92 Å². The Balaban J connectivity index is 1.55. The minimum absolute atomic E-state index is 0.0843. The van der Waals surface area contributed by atoms with Crippen LogP contribution in [-0.2, 0) is 22.5 Å². The zero-order chi connectivity index (χ0) is 19.8. The minimum Gasteiger partial charge on any atom is -0.448 e. The summed E-state index contributed by atoms with van der Waals surface area (Å²) in [6, 6.07) is 0. The van der Waals surface area contributed by atoms with Crippen LogP contribution in [0.5, 0.6) is 0 Å². The fraction of sp³-hybridized carbons (Fsp3) is 0.600. The Bertz CT molecular complexity index is 985. The van der Waals surface area contributed by atoms with Gasteiger partial charge in [-0.25, -0.2) is 9.78 Å². The molecule has 1 atom stereocenters. The van der Waals surface area contributed by atoms with Crippen molar-refractivity contribution in [3.05, 3.63) is 26.6 Å². The van der Waals surface area contributed by atoms with Crippen LogP contribution in [0.4, 0.5) is 0 Å². The van der Waals surface area contributed by atoms with E-state index in [0.717, 1.165) is 57.4 Å². The Morgan fingerprint density at radius 2 is 1.82 bits per heavy atom. The molecule has 0 radical (unpaired) electrons. The molecule has 0 bridgehead atoms. The van der Waals surface area contributed by atoms with Crippen molar-refractivity contribution in [2.75, 3.05) is 13.1 Å². The largest absolute Gasteiger partial charge is 0.448 e. The van der Waals surface area contributed by atoms with Gasteiger partial charge in [0.1, 0.15) is 15.5 Å². The Labute approximate surface area is 167 Å². The third-order valence-electron chi connectivity index (χ3n) is 5.65. The molecule has 2 aliphatic rings. The molecule has 1 saturated heterocycles. The first-order valence-corrected chi connectivity index (χ1v) is 10.8. The van der Waals surface area contributed by atoms with Crippen molar-refractivity contribution < 1.29 is 14.3 Å². The van der Waals surface area contributed by atoms with Gasteiger partial charge in [-0.2, -0.15) is 0 Å². The predicted molar refractivity (Wildman–Crippen MR) is 107 cm³/mol. The van der Waals surface area contributed by atoms with Gasteiger partial charge in [-0.15, -0.1) is 11.3 Å². The van der Waals surface area contributed by atoms with E-state index in [9.17, 15) is 14.4 Å². The number of likely N-dealkylation sites (tertiary alicyclic amines) is 1. The van der Waals surface area contributed by atoms with Gasteiger partial charge in [-0.05, 0) is 38.7 Å². The van der Waals surface area contributed by atoms with Gasteiger partial charge in [-0.3, -0.25) is 14.2 Å². The lowest BCUT2D eigenvalue weighted by atomic mass is 10.2. The fourth-order valence-electron chi connectivity index (χ4n) is 4.08. The van der Waals surface area contributed by atoms with E-state index < -0.39 is 12.1 Å². The summed E-state index contributed by atoms with van der Waals surface area (Å²) in [5, 5.41) is 0.495. The average Bonchev–Trinajstić information content (AvgIpc) is 3.16. The van der Waals surface area contributed by atoms with Gasteiger partial charge in [0.25, 0.3) is 11.5 Å². The lowest BCUT2D eigenvalue weighted by molar-refractivity contribution is -0.139. The fourth-order valence-corrected chi connectivity index (χ4v) is 5.16. The Morgan fingerprint density at radius 3 is 2.54 bits per heavy atom. The number of fused-ring (bicyclic) bond motifs is 2. The summed E-state index contributed by atoms with van der Waals surface area (Å²) in [6.07, 6.45) is 5.10. The molecule has 2 aromatic rings. The van der Waals surface area contributed by atoms with Crippen molar-refractivity contribution in [3.8, 4) is 0 Å². The number of hydrogen-bond donors (Lipinski definition) is 0. The number of amides is 1. The van der Waals surface area contributed by atoms with Crippen LogP contribution < -0.4 is 5.56 Å². The zero-order valence-corrected chi connectivity index (χ0v) is 17.1. The maximum atomic E-state index is 12.8. The summed E-state index contributed by atoms with van der Waals surface area (Å²) in [5.41, 5.74) is 0.512. The molecular weight excluding hydrogens is 378 g/mol. The summed E-state index contributed by atoms with van der Waals surface area (Å²) in [5.74, 6) is 0.0790. The molecule has 0 N–H and O–H groups in total. The normalized spacial score (nSPS) is 18.0. The number of carbonyl (C=O) groups excluding carboxylic acids is 2. The molecule has 0 unspecified atom stereocenters. The molecule has 1 amide bonds. The van der Waals surface area contributed by atoms with Gasteiger partial charge < -0.3 is 9.64 Å². The monoisotopic (exact) mass is 403 g/mol. The first-order chi connectivity index (χ1) is 13.5. The SMILES string of the molecule is Cc1c(C(=O)O[C@@H](C)C(=O)N2CCCCCC2)sc2nc3n(c(=O)c12)CCC3. The molecule has 28 heavy (non-hydrogen) atoms. The summed E-state index contributed by atoms with van der Waals surface area (Å²) in [7, 11) is 0. The van der Waals surface area contributed by atoms with Crippen molar-refractivity contribution in [1.29, 1.82) is 0 Å². The third kappa shape index (κ3) is 3.34. The van der Waals surface area contributed by atoms with E-state index in [4.69, 9.17) is 4.74 Å². The molecule has 1 fully saturated rings. The van der Waals surface area contributed by atoms with Crippen LogP contribution in [0.1, 0.15) is 60.1 Å². The summed E-state index contributed by atoms with van der Waals surface area (Å²) in [4.78, 5) is 45.5. The van der Waals surface area contributed by atoms with Crippen LogP contribution in [0.3, 0.4) is 0 Å². The summed E-state index contributed by atoms with van der Waals surface area (Å²) >= 11 is 1.18. The summed E-state index contributed by atoms with van der Waals surface area (Å²) < 4.78 is 7.18. The highest BCUT2D eigenvalue weighted by molar-refractivity contribution is 7.20. The number of hydrogen-bond acceptors (Lipinski definition) is 6. The molecule has 4 rings (SSSR count). The van der Waals surface area contributed by atoms with Crippen LogP contribution in [0.25, 0.3) is 10.2 Å². The lowest BCUT2D eigenvalue weighted by Crippen LogP contribution is -2.40. The van der Waals surface area contributed by atoms with Gasteiger partial charge in [-0.1, -0.05) is 12.8 Å². The van der Waals surface area contributed by atoms with E-state index in [1.54, 1.807) is 23.3 Å². The molecule has 0 aliphatic carbocycles. The third-order valence-corrected chi connectivity index (χ3v) is 6.81.